The van der Waals surface area contributed by atoms with Crippen LogP contribution >= 0.6 is 34.2 Å². The molecule has 0 unspecified atom stereocenters. The van der Waals surface area contributed by atoms with E-state index >= 15 is 0 Å². The first kappa shape index (κ1) is 17.0. The molecule has 0 spiro atoms. The fraction of sp³-hybridized carbons (Fsp3) is 0.111. The molecule has 0 N–H and O–H groups in total. The summed E-state index contributed by atoms with van der Waals surface area (Å²) in [5, 5.41) is 0.491. The molecule has 122 valence electrons. The minimum Gasteiger partial charge on any atom is -0.460 e. The van der Waals surface area contributed by atoms with Gasteiger partial charge in [0.25, 0.3) is 0 Å². The van der Waals surface area contributed by atoms with E-state index < -0.39 is 5.97 Å². The minimum atomic E-state index is -0.558. The van der Waals surface area contributed by atoms with Crippen LogP contribution in [0.1, 0.15) is 17.5 Å². The topological polar surface area (TPSA) is 52.3 Å². The van der Waals surface area contributed by atoms with E-state index in [0.29, 0.717) is 22.2 Å². The van der Waals surface area contributed by atoms with Crippen molar-refractivity contribution in [1.82, 2.24) is 4.98 Å². The number of halogens is 2. The molecule has 3 rings (SSSR count). The maximum Gasteiger partial charge on any atom is 0.376 e. The zero-order chi connectivity index (χ0) is 17.1. The van der Waals surface area contributed by atoms with Gasteiger partial charge in [0, 0.05) is 9.13 Å². The summed E-state index contributed by atoms with van der Waals surface area (Å²) in [7, 11) is 0. The molecule has 1 aromatic heterocycles. The molecular formula is C18H13ClINO3. The second-order valence-corrected chi connectivity index (χ2v) is 6.45. The van der Waals surface area contributed by atoms with E-state index in [0.717, 1.165) is 9.13 Å². The molecule has 0 aliphatic carbocycles. The number of esters is 1. The van der Waals surface area contributed by atoms with E-state index in [-0.39, 0.29) is 12.4 Å². The van der Waals surface area contributed by atoms with Crippen molar-refractivity contribution in [2.45, 2.75) is 6.92 Å². The summed E-state index contributed by atoms with van der Waals surface area (Å²) < 4.78 is 11.8. The van der Waals surface area contributed by atoms with Crippen LogP contribution in [0.15, 0.2) is 52.9 Å². The fourth-order valence-electron chi connectivity index (χ4n) is 2.24. The van der Waals surface area contributed by atoms with Gasteiger partial charge >= 0.3 is 5.97 Å². The van der Waals surface area contributed by atoms with Gasteiger partial charge in [0.05, 0.1) is 17.2 Å². The van der Waals surface area contributed by atoms with Crippen LogP contribution < -0.4 is 0 Å². The average Bonchev–Trinajstić information content (AvgIpc) is 3.01. The Balaban J connectivity index is 2.19. The first-order valence-corrected chi connectivity index (χ1v) is 8.75. The highest BCUT2D eigenvalue weighted by atomic mass is 127. The lowest BCUT2D eigenvalue weighted by Gasteiger charge is -2.02. The molecule has 4 nitrogen and oxygen atoms in total. The van der Waals surface area contributed by atoms with Crippen LogP contribution in [0.25, 0.3) is 22.7 Å². The molecule has 0 saturated heterocycles. The maximum absolute atomic E-state index is 12.3. The zero-order valence-corrected chi connectivity index (χ0v) is 15.7. The van der Waals surface area contributed by atoms with Crippen LogP contribution in [-0.2, 0) is 4.74 Å². The maximum atomic E-state index is 12.3. The third kappa shape index (κ3) is 3.32. The van der Waals surface area contributed by atoms with Gasteiger partial charge in [0.1, 0.15) is 5.69 Å². The molecular weight excluding hydrogens is 441 g/mol. The Morgan fingerprint density at radius 1 is 1.17 bits per heavy atom. The van der Waals surface area contributed by atoms with E-state index in [1.807, 2.05) is 36.4 Å². The summed E-state index contributed by atoms with van der Waals surface area (Å²) in [5.74, 6) is -0.144. The lowest BCUT2D eigenvalue weighted by Crippen LogP contribution is -2.05. The Bertz CT molecular complexity index is 891. The third-order valence-electron chi connectivity index (χ3n) is 3.32. The summed E-state index contributed by atoms with van der Waals surface area (Å²) in [6.45, 7) is 1.99. The Morgan fingerprint density at radius 3 is 2.50 bits per heavy atom. The lowest BCUT2D eigenvalue weighted by molar-refractivity contribution is 0.0492. The molecule has 1 heterocycles. The number of hydrogen-bond acceptors (Lipinski definition) is 4. The highest BCUT2D eigenvalue weighted by Crippen LogP contribution is 2.34. The van der Waals surface area contributed by atoms with Crippen molar-refractivity contribution >= 4 is 40.2 Å². The van der Waals surface area contributed by atoms with Crippen molar-refractivity contribution in [2.75, 3.05) is 6.61 Å². The number of hydrogen-bond donors (Lipinski definition) is 0. The van der Waals surface area contributed by atoms with Crippen molar-refractivity contribution < 1.29 is 13.9 Å². The average molecular weight is 454 g/mol. The molecule has 0 amide bonds. The van der Waals surface area contributed by atoms with Crippen LogP contribution in [0.4, 0.5) is 0 Å². The molecule has 0 bridgehead atoms. The zero-order valence-electron chi connectivity index (χ0n) is 12.8. The van der Waals surface area contributed by atoms with Gasteiger partial charge in [-0.3, -0.25) is 0 Å². The lowest BCUT2D eigenvalue weighted by atomic mass is 10.1. The van der Waals surface area contributed by atoms with Crippen LogP contribution in [0, 0.1) is 3.57 Å². The first-order chi connectivity index (χ1) is 11.6. The highest BCUT2D eigenvalue weighted by molar-refractivity contribution is 14.1. The van der Waals surface area contributed by atoms with Gasteiger partial charge in [-0.15, -0.1) is 0 Å². The van der Waals surface area contributed by atoms with Gasteiger partial charge in [-0.25, -0.2) is 9.78 Å². The van der Waals surface area contributed by atoms with E-state index in [4.69, 9.17) is 20.8 Å². The number of aromatic nitrogens is 1. The van der Waals surface area contributed by atoms with Gasteiger partial charge < -0.3 is 9.15 Å². The molecule has 0 fully saturated rings. The predicted octanol–water partition coefficient (Wildman–Crippen LogP) is 5.44. The number of benzene rings is 2. The second kappa shape index (κ2) is 7.36. The second-order valence-electron chi connectivity index (χ2n) is 4.88. The van der Waals surface area contributed by atoms with Crippen LogP contribution in [0.3, 0.4) is 0 Å². The van der Waals surface area contributed by atoms with E-state index in [9.17, 15) is 4.79 Å². The summed E-state index contributed by atoms with van der Waals surface area (Å²) >= 11 is 8.46. The quantitative estimate of drug-likeness (QED) is 0.390. The number of carbonyl (C=O) groups is 1. The van der Waals surface area contributed by atoms with Crippen molar-refractivity contribution in [2.24, 2.45) is 0 Å². The van der Waals surface area contributed by atoms with Gasteiger partial charge in [-0.1, -0.05) is 41.9 Å². The van der Waals surface area contributed by atoms with Crippen molar-refractivity contribution in [1.29, 1.82) is 0 Å². The molecule has 2 aromatic carbocycles. The van der Waals surface area contributed by atoms with E-state index in [2.05, 4.69) is 27.6 Å². The van der Waals surface area contributed by atoms with Gasteiger partial charge in [0.2, 0.25) is 11.7 Å². The number of rotatable bonds is 4. The molecule has 0 saturated carbocycles. The van der Waals surface area contributed by atoms with Crippen LogP contribution in [0.2, 0.25) is 5.02 Å². The fourth-order valence-corrected chi connectivity index (χ4v) is 3.08. The molecule has 0 atom stereocenters. The molecule has 0 aliphatic heterocycles. The van der Waals surface area contributed by atoms with E-state index in [1.54, 1.807) is 19.1 Å². The number of nitrogens with zero attached hydrogens (tertiary/aromatic N) is 1. The molecule has 24 heavy (non-hydrogen) atoms. The highest BCUT2D eigenvalue weighted by Gasteiger charge is 2.25. The predicted molar refractivity (Wildman–Crippen MR) is 101 cm³/mol. The monoisotopic (exact) mass is 453 g/mol. The number of carbonyl (C=O) groups excluding carboxylic acids is 1. The molecule has 6 heteroatoms. The van der Waals surface area contributed by atoms with Gasteiger partial charge in [-0.05, 0) is 47.7 Å². The molecule has 3 aromatic rings. The summed E-state index contributed by atoms with van der Waals surface area (Å²) in [5.41, 5.74) is 1.82. The van der Waals surface area contributed by atoms with Crippen molar-refractivity contribution in [3.8, 4) is 22.7 Å². The van der Waals surface area contributed by atoms with Gasteiger partial charge in [0.15, 0.2) is 0 Å². The Morgan fingerprint density at radius 2 is 1.83 bits per heavy atom. The van der Waals surface area contributed by atoms with Gasteiger partial charge in [-0.2, -0.15) is 0 Å². The number of oxazole rings is 1. The largest absolute Gasteiger partial charge is 0.460 e. The Hall–Kier alpha value is -1.86. The minimum absolute atomic E-state index is 0.0552. The van der Waals surface area contributed by atoms with Crippen LogP contribution in [-0.4, -0.2) is 17.6 Å². The van der Waals surface area contributed by atoms with Crippen molar-refractivity contribution in [3.63, 3.8) is 0 Å². The van der Waals surface area contributed by atoms with E-state index in [1.165, 1.54) is 0 Å². The summed E-state index contributed by atoms with van der Waals surface area (Å²) in [6.07, 6.45) is 0. The van der Waals surface area contributed by atoms with Crippen LogP contribution in [0.5, 0.6) is 0 Å². The summed E-state index contributed by atoms with van der Waals surface area (Å²) in [6, 6.07) is 14.8. The first-order valence-electron chi connectivity index (χ1n) is 7.29. The third-order valence-corrected chi connectivity index (χ3v) is 4.59. The Kier molecular flexibility index (Phi) is 5.20. The summed E-state index contributed by atoms with van der Waals surface area (Å²) in [4.78, 5) is 16.8. The SMILES string of the molecule is CCOC(=O)c1oc(-c2ccccc2I)nc1-c1ccccc1Cl. The Labute approximate surface area is 157 Å². The van der Waals surface area contributed by atoms with Crippen molar-refractivity contribution in [3.05, 3.63) is 62.9 Å². The standard InChI is InChI=1S/C18H13ClINO3/c1-2-23-18(22)16-15(11-7-3-5-9-13(11)19)21-17(24-16)12-8-4-6-10-14(12)20/h3-10H,2H2,1H3. The molecule has 0 aliphatic rings. The normalized spacial score (nSPS) is 10.6. The molecule has 0 radical (unpaired) electrons. The smallest absolute Gasteiger partial charge is 0.376 e. The number of ether oxygens (including phenoxy) is 1.